The molecule has 0 aromatic carbocycles. The molecule has 0 aliphatic carbocycles. The van der Waals surface area contributed by atoms with E-state index < -0.39 is 18.7 Å². The number of carbonyl (C=O) groups is 1. The Morgan fingerprint density at radius 2 is 2.23 bits per heavy atom. The molecule has 0 bridgehead atoms. The minimum absolute atomic E-state index is 0.0258. The van der Waals surface area contributed by atoms with E-state index in [-0.39, 0.29) is 19.0 Å². The summed E-state index contributed by atoms with van der Waals surface area (Å²) in [5.41, 5.74) is 0.330. The number of hydrogen-bond donors (Lipinski definition) is 1. The van der Waals surface area contributed by atoms with Crippen molar-refractivity contribution in [2.24, 2.45) is 0 Å². The van der Waals surface area contributed by atoms with Gasteiger partial charge in [-0.15, -0.1) is 5.10 Å². The summed E-state index contributed by atoms with van der Waals surface area (Å²) in [6.45, 7) is -1.58. The second-order valence-corrected chi connectivity index (χ2v) is 4.16. The molecule has 0 aliphatic heterocycles. The summed E-state index contributed by atoms with van der Waals surface area (Å²) >= 11 is 0. The number of nitrogens with one attached hydrogen (secondary N) is 1. The Kier molecular flexibility index (Phi) is 4.86. The number of pyridine rings is 1. The van der Waals surface area contributed by atoms with Crippen molar-refractivity contribution in [1.82, 2.24) is 30.5 Å². The van der Waals surface area contributed by atoms with Gasteiger partial charge in [-0.05, 0) is 16.5 Å². The maximum absolute atomic E-state index is 12.2. The van der Waals surface area contributed by atoms with Crippen molar-refractivity contribution in [3.63, 3.8) is 0 Å². The maximum Gasteiger partial charge on any atom is 0.422 e. The fourth-order valence-electron chi connectivity index (χ4n) is 1.49. The lowest BCUT2D eigenvalue weighted by Crippen LogP contribution is -2.28. The van der Waals surface area contributed by atoms with Gasteiger partial charge in [0.15, 0.2) is 6.61 Å². The summed E-state index contributed by atoms with van der Waals surface area (Å²) < 4.78 is 42.3. The lowest BCUT2D eigenvalue weighted by molar-refractivity contribution is -0.154. The molecule has 0 fully saturated rings. The highest BCUT2D eigenvalue weighted by Gasteiger charge is 2.29. The topological polar surface area (TPSA) is 94.8 Å². The number of tetrazole rings is 1. The molecule has 2 aromatic heterocycles. The van der Waals surface area contributed by atoms with E-state index in [2.05, 4.69) is 30.6 Å². The van der Waals surface area contributed by atoms with Crippen LogP contribution in [0.4, 0.5) is 13.2 Å². The number of carbonyl (C=O) groups excluding carboxylic acids is 1. The molecule has 0 aliphatic rings. The molecule has 1 N–H and O–H groups in total. The van der Waals surface area contributed by atoms with Crippen molar-refractivity contribution in [2.75, 3.05) is 6.61 Å². The zero-order valence-electron chi connectivity index (χ0n) is 11.1. The summed E-state index contributed by atoms with van der Waals surface area (Å²) in [7, 11) is 0. The summed E-state index contributed by atoms with van der Waals surface area (Å²) in [4.78, 5) is 15.4. The minimum atomic E-state index is -4.46. The van der Waals surface area contributed by atoms with Gasteiger partial charge in [-0.25, -0.2) is 9.67 Å². The monoisotopic (exact) mass is 316 g/mol. The first kappa shape index (κ1) is 15.7. The van der Waals surface area contributed by atoms with Crippen LogP contribution in [0.25, 0.3) is 0 Å². The van der Waals surface area contributed by atoms with Gasteiger partial charge in [0.25, 0.3) is 0 Å². The highest BCUT2D eigenvalue weighted by Crippen LogP contribution is 2.19. The average molecular weight is 316 g/mol. The fraction of sp³-hybridized carbons (Fsp3) is 0.364. The molecule has 1 amide bonds. The first-order valence-electron chi connectivity index (χ1n) is 6.05. The van der Waals surface area contributed by atoms with Crippen molar-refractivity contribution in [3.8, 4) is 5.88 Å². The first-order chi connectivity index (χ1) is 10.4. The van der Waals surface area contributed by atoms with Gasteiger partial charge in [-0.1, -0.05) is 6.07 Å². The molecule has 0 unspecified atom stereocenters. The van der Waals surface area contributed by atoms with Crippen LogP contribution in [0.1, 0.15) is 5.56 Å². The Morgan fingerprint density at radius 1 is 1.41 bits per heavy atom. The average Bonchev–Trinajstić information content (AvgIpc) is 2.96. The molecule has 2 aromatic rings. The predicted molar refractivity (Wildman–Crippen MR) is 65.5 cm³/mol. The summed E-state index contributed by atoms with van der Waals surface area (Å²) in [6.07, 6.45) is -1.89. The number of hydrogen-bond acceptors (Lipinski definition) is 6. The fourth-order valence-corrected chi connectivity index (χ4v) is 1.49. The van der Waals surface area contributed by atoms with Crippen molar-refractivity contribution in [1.29, 1.82) is 0 Å². The van der Waals surface area contributed by atoms with Gasteiger partial charge in [0, 0.05) is 18.3 Å². The van der Waals surface area contributed by atoms with Crippen LogP contribution in [0.3, 0.4) is 0 Å². The molecule has 11 heteroatoms. The van der Waals surface area contributed by atoms with E-state index in [0.29, 0.717) is 5.56 Å². The van der Waals surface area contributed by atoms with Gasteiger partial charge in [0.2, 0.25) is 11.8 Å². The van der Waals surface area contributed by atoms with Crippen LogP contribution in [0.5, 0.6) is 5.88 Å². The van der Waals surface area contributed by atoms with E-state index in [4.69, 9.17) is 0 Å². The SMILES string of the molecule is O=C(Cn1cnnn1)NCc1cccnc1OCC(F)(F)F. The second kappa shape index (κ2) is 6.83. The summed E-state index contributed by atoms with van der Waals surface area (Å²) in [5, 5.41) is 12.8. The molecule has 0 saturated heterocycles. The standard InChI is InChI=1S/C11H11F3N6O2/c12-11(13,14)6-22-10-8(2-1-3-15-10)4-16-9(21)5-20-7-17-18-19-20/h1-3,7H,4-6H2,(H,16,21). The highest BCUT2D eigenvalue weighted by molar-refractivity contribution is 5.75. The molecular weight excluding hydrogens is 305 g/mol. The molecule has 2 heterocycles. The smallest absolute Gasteiger partial charge is 0.422 e. The summed E-state index contributed by atoms with van der Waals surface area (Å²) in [5.74, 6) is -0.583. The number of amides is 1. The van der Waals surface area contributed by atoms with E-state index >= 15 is 0 Å². The van der Waals surface area contributed by atoms with Crippen molar-refractivity contribution >= 4 is 5.91 Å². The number of alkyl halides is 3. The Labute approximate surface area is 122 Å². The van der Waals surface area contributed by atoms with E-state index in [1.165, 1.54) is 29.3 Å². The maximum atomic E-state index is 12.2. The minimum Gasteiger partial charge on any atom is -0.468 e. The van der Waals surface area contributed by atoms with Crippen LogP contribution < -0.4 is 10.1 Å². The van der Waals surface area contributed by atoms with Gasteiger partial charge in [-0.3, -0.25) is 4.79 Å². The van der Waals surface area contributed by atoms with Crippen LogP contribution >= 0.6 is 0 Å². The molecule has 0 spiro atoms. The van der Waals surface area contributed by atoms with Crippen LogP contribution in [0.15, 0.2) is 24.7 Å². The quantitative estimate of drug-likeness (QED) is 0.825. The van der Waals surface area contributed by atoms with Gasteiger partial charge in [-0.2, -0.15) is 13.2 Å². The first-order valence-corrected chi connectivity index (χ1v) is 6.05. The van der Waals surface area contributed by atoms with E-state index in [9.17, 15) is 18.0 Å². The highest BCUT2D eigenvalue weighted by atomic mass is 19.4. The third kappa shape index (κ3) is 5.00. The van der Waals surface area contributed by atoms with E-state index in [0.717, 1.165) is 0 Å². The van der Waals surface area contributed by atoms with Crippen LogP contribution in [-0.4, -0.2) is 43.9 Å². The van der Waals surface area contributed by atoms with Crippen LogP contribution in [0.2, 0.25) is 0 Å². The lowest BCUT2D eigenvalue weighted by atomic mass is 10.2. The Balaban J connectivity index is 1.90. The van der Waals surface area contributed by atoms with Crippen LogP contribution in [0, 0.1) is 0 Å². The lowest BCUT2D eigenvalue weighted by Gasteiger charge is -2.12. The van der Waals surface area contributed by atoms with Crippen LogP contribution in [-0.2, 0) is 17.9 Å². The molecule has 8 nitrogen and oxygen atoms in total. The Morgan fingerprint density at radius 3 is 2.91 bits per heavy atom. The van der Waals surface area contributed by atoms with Gasteiger partial charge >= 0.3 is 6.18 Å². The molecular formula is C11H11F3N6O2. The van der Waals surface area contributed by atoms with Gasteiger partial charge in [0.1, 0.15) is 12.9 Å². The summed E-state index contributed by atoms with van der Waals surface area (Å²) in [6, 6.07) is 3.04. The third-order valence-corrected chi connectivity index (χ3v) is 2.40. The predicted octanol–water partition coefficient (Wildman–Crippen LogP) is 0.326. The molecule has 0 saturated carbocycles. The van der Waals surface area contributed by atoms with Crippen molar-refractivity contribution in [2.45, 2.75) is 19.3 Å². The molecule has 22 heavy (non-hydrogen) atoms. The number of halogens is 3. The zero-order valence-corrected chi connectivity index (χ0v) is 11.1. The second-order valence-electron chi connectivity index (χ2n) is 4.16. The zero-order chi connectivity index (χ0) is 16.0. The largest absolute Gasteiger partial charge is 0.468 e. The number of rotatable bonds is 6. The number of nitrogens with zero attached hydrogens (tertiary/aromatic N) is 5. The Bertz CT molecular complexity index is 617. The third-order valence-electron chi connectivity index (χ3n) is 2.40. The van der Waals surface area contributed by atoms with Gasteiger partial charge in [0.05, 0.1) is 0 Å². The normalized spacial score (nSPS) is 11.2. The molecule has 2 rings (SSSR count). The van der Waals surface area contributed by atoms with Crippen molar-refractivity contribution < 1.29 is 22.7 Å². The van der Waals surface area contributed by atoms with E-state index in [1.807, 2.05) is 0 Å². The number of aromatic nitrogens is 5. The molecule has 0 atom stereocenters. The van der Waals surface area contributed by atoms with Gasteiger partial charge < -0.3 is 10.1 Å². The Hall–Kier alpha value is -2.72. The number of ether oxygens (including phenoxy) is 1. The van der Waals surface area contributed by atoms with Crippen molar-refractivity contribution in [3.05, 3.63) is 30.2 Å². The molecule has 118 valence electrons. The molecule has 0 radical (unpaired) electrons. The van der Waals surface area contributed by atoms with E-state index in [1.54, 1.807) is 0 Å².